The number of anilines is 2. The Morgan fingerprint density at radius 2 is 2.07 bits per heavy atom. The molecule has 0 spiro atoms. The summed E-state index contributed by atoms with van der Waals surface area (Å²) in [6.45, 7) is 0. The van der Waals surface area contributed by atoms with Crippen molar-refractivity contribution in [2.45, 2.75) is 44.4 Å². The van der Waals surface area contributed by atoms with E-state index in [1.165, 1.54) is 55.0 Å². The highest BCUT2D eigenvalue weighted by molar-refractivity contribution is 5.96. The van der Waals surface area contributed by atoms with Gasteiger partial charge in [-0.3, -0.25) is 0 Å². The van der Waals surface area contributed by atoms with Crippen molar-refractivity contribution < 1.29 is 9.53 Å². The van der Waals surface area contributed by atoms with Crippen molar-refractivity contribution in [3.8, 4) is 0 Å². The maximum atomic E-state index is 12.3. The van der Waals surface area contributed by atoms with Crippen molar-refractivity contribution in [3.05, 3.63) is 52.8 Å². The van der Waals surface area contributed by atoms with Crippen LogP contribution in [0.2, 0.25) is 0 Å². The molecule has 0 amide bonds. The first-order valence-corrected chi connectivity index (χ1v) is 9.71. The van der Waals surface area contributed by atoms with Crippen molar-refractivity contribution in [1.82, 2.24) is 9.97 Å². The maximum Gasteiger partial charge on any atom is 0.341 e. The average molecular weight is 361 g/mol. The second kappa shape index (κ2) is 6.41. The number of fused-ring (bicyclic) bond motifs is 3. The zero-order valence-corrected chi connectivity index (χ0v) is 15.5. The second-order valence-corrected chi connectivity index (χ2v) is 7.61. The molecule has 0 radical (unpaired) electrons. The smallest absolute Gasteiger partial charge is 0.341 e. The number of nitrogens with one attached hydrogen (secondary N) is 2. The van der Waals surface area contributed by atoms with E-state index in [1.54, 1.807) is 0 Å². The number of aryl methyl sites for hydroxylation is 2. The van der Waals surface area contributed by atoms with Gasteiger partial charge in [0, 0.05) is 28.5 Å². The first kappa shape index (κ1) is 16.4. The molecule has 2 N–H and O–H groups in total. The predicted molar refractivity (Wildman–Crippen MR) is 106 cm³/mol. The highest BCUT2D eigenvalue weighted by Gasteiger charge is 2.26. The Morgan fingerprint density at radius 1 is 1.22 bits per heavy atom. The lowest BCUT2D eigenvalue weighted by Crippen LogP contribution is -2.08. The molecule has 2 aliphatic carbocycles. The number of benzene rings is 1. The van der Waals surface area contributed by atoms with E-state index in [0.717, 1.165) is 24.1 Å². The molecule has 0 bridgehead atoms. The van der Waals surface area contributed by atoms with Crippen LogP contribution in [0.4, 0.5) is 11.5 Å². The first-order chi connectivity index (χ1) is 13.2. The van der Waals surface area contributed by atoms with E-state index in [4.69, 9.17) is 4.74 Å². The van der Waals surface area contributed by atoms with Crippen LogP contribution in [0.5, 0.6) is 0 Å². The van der Waals surface area contributed by atoms with Gasteiger partial charge in [0.15, 0.2) is 0 Å². The van der Waals surface area contributed by atoms with Gasteiger partial charge in [0.05, 0.1) is 7.11 Å². The van der Waals surface area contributed by atoms with Crippen LogP contribution in [-0.2, 0) is 17.6 Å². The van der Waals surface area contributed by atoms with E-state index in [1.807, 2.05) is 18.3 Å². The van der Waals surface area contributed by atoms with Crippen molar-refractivity contribution >= 4 is 28.4 Å². The van der Waals surface area contributed by atoms with Crippen LogP contribution < -0.4 is 5.32 Å². The normalized spacial score (nSPS) is 16.2. The molecule has 27 heavy (non-hydrogen) atoms. The van der Waals surface area contributed by atoms with E-state index >= 15 is 0 Å². The Morgan fingerprint density at radius 3 is 2.89 bits per heavy atom. The molecule has 5 nitrogen and oxygen atoms in total. The molecule has 1 fully saturated rings. The third-order valence-electron chi connectivity index (χ3n) is 5.72. The Hall–Kier alpha value is -2.82. The molecule has 2 aromatic heterocycles. The Labute approximate surface area is 158 Å². The molecule has 2 aliphatic rings. The van der Waals surface area contributed by atoms with Gasteiger partial charge in [-0.15, -0.1) is 0 Å². The summed E-state index contributed by atoms with van der Waals surface area (Å²) >= 11 is 0. The fourth-order valence-corrected chi connectivity index (χ4v) is 4.11. The summed E-state index contributed by atoms with van der Waals surface area (Å²) in [4.78, 5) is 20.4. The SMILES string of the molecule is COC(=O)c1cc(C2CC2)cnc1Nc1ccc2[nH]c3c(c2c1)CCCC3. The fraction of sp³-hybridized carbons (Fsp3) is 0.364. The van der Waals surface area contributed by atoms with Gasteiger partial charge in [-0.05, 0) is 79.8 Å². The fourth-order valence-electron chi connectivity index (χ4n) is 4.11. The Bertz CT molecular complexity index is 1030. The molecule has 0 unspecified atom stereocenters. The van der Waals surface area contributed by atoms with Gasteiger partial charge in [0.25, 0.3) is 0 Å². The second-order valence-electron chi connectivity index (χ2n) is 7.61. The number of methoxy groups -OCH3 is 1. The van der Waals surface area contributed by atoms with Crippen LogP contribution in [-0.4, -0.2) is 23.0 Å². The number of hydrogen-bond donors (Lipinski definition) is 2. The number of esters is 1. The van der Waals surface area contributed by atoms with Crippen LogP contribution in [0.25, 0.3) is 10.9 Å². The lowest BCUT2D eigenvalue weighted by Gasteiger charge is -2.12. The molecule has 2 heterocycles. The number of H-pyrrole nitrogens is 1. The van der Waals surface area contributed by atoms with Crippen LogP contribution in [0.3, 0.4) is 0 Å². The van der Waals surface area contributed by atoms with Gasteiger partial charge in [-0.25, -0.2) is 9.78 Å². The monoisotopic (exact) mass is 361 g/mol. The minimum atomic E-state index is -0.354. The maximum absolute atomic E-state index is 12.3. The summed E-state index contributed by atoms with van der Waals surface area (Å²) in [7, 11) is 1.41. The molecule has 5 heteroatoms. The largest absolute Gasteiger partial charge is 0.465 e. The van der Waals surface area contributed by atoms with Crippen LogP contribution in [0, 0.1) is 0 Å². The molecular weight excluding hydrogens is 338 g/mol. The lowest BCUT2D eigenvalue weighted by atomic mass is 9.95. The summed E-state index contributed by atoms with van der Waals surface area (Å²) in [5, 5.41) is 4.60. The standard InChI is InChI=1S/C22H23N3O2/c1-27-22(26)18-10-14(13-6-7-13)12-23-21(18)24-15-8-9-20-17(11-15)16-4-2-3-5-19(16)25-20/h8-13,25H,2-7H2,1H3,(H,23,24). The van der Waals surface area contributed by atoms with E-state index in [9.17, 15) is 4.79 Å². The molecule has 1 aromatic carbocycles. The summed E-state index contributed by atoms with van der Waals surface area (Å²) < 4.78 is 4.98. The minimum absolute atomic E-state index is 0.354. The number of hydrogen-bond acceptors (Lipinski definition) is 4. The zero-order chi connectivity index (χ0) is 18.4. The molecule has 3 aromatic rings. The Balaban J connectivity index is 1.51. The topological polar surface area (TPSA) is 67.0 Å². The third-order valence-corrected chi connectivity index (χ3v) is 5.72. The van der Waals surface area contributed by atoms with Crippen LogP contribution in [0.15, 0.2) is 30.5 Å². The van der Waals surface area contributed by atoms with Crippen molar-refractivity contribution in [3.63, 3.8) is 0 Å². The summed E-state index contributed by atoms with van der Waals surface area (Å²) in [5.74, 6) is 0.736. The summed E-state index contributed by atoms with van der Waals surface area (Å²) in [6, 6.07) is 8.22. The quantitative estimate of drug-likeness (QED) is 0.652. The van der Waals surface area contributed by atoms with E-state index < -0.39 is 0 Å². The third kappa shape index (κ3) is 2.97. The van der Waals surface area contributed by atoms with E-state index in [2.05, 4.69) is 27.4 Å². The highest BCUT2D eigenvalue weighted by Crippen LogP contribution is 2.41. The number of ether oxygens (including phenoxy) is 1. The van der Waals surface area contributed by atoms with Crippen molar-refractivity contribution in [1.29, 1.82) is 0 Å². The summed E-state index contributed by atoms with van der Waals surface area (Å²) in [6.07, 6.45) is 8.97. The molecule has 138 valence electrons. The lowest BCUT2D eigenvalue weighted by molar-refractivity contribution is 0.0601. The molecule has 0 atom stereocenters. The van der Waals surface area contributed by atoms with Crippen molar-refractivity contribution in [2.75, 3.05) is 12.4 Å². The molecule has 5 rings (SSSR count). The van der Waals surface area contributed by atoms with Crippen LogP contribution >= 0.6 is 0 Å². The van der Waals surface area contributed by atoms with E-state index in [-0.39, 0.29) is 5.97 Å². The average Bonchev–Trinajstić information content (AvgIpc) is 3.49. The summed E-state index contributed by atoms with van der Waals surface area (Å²) in [5.41, 5.74) is 6.54. The number of pyridine rings is 1. The van der Waals surface area contributed by atoms with Crippen LogP contribution in [0.1, 0.15) is 58.8 Å². The first-order valence-electron chi connectivity index (χ1n) is 9.71. The van der Waals surface area contributed by atoms with Gasteiger partial charge in [-0.2, -0.15) is 0 Å². The zero-order valence-electron chi connectivity index (χ0n) is 15.5. The molecular formula is C22H23N3O2. The van der Waals surface area contributed by atoms with Gasteiger partial charge in [-0.1, -0.05) is 0 Å². The number of carbonyl (C=O) groups excluding carboxylic acids is 1. The molecule has 0 aliphatic heterocycles. The van der Waals surface area contributed by atoms with Gasteiger partial charge in [0.1, 0.15) is 11.4 Å². The number of aromatic amines is 1. The van der Waals surface area contributed by atoms with E-state index in [0.29, 0.717) is 17.3 Å². The number of carbonyl (C=O) groups is 1. The number of aromatic nitrogens is 2. The highest BCUT2D eigenvalue weighted by atomic mass is 16.5. The van der Waals surface area contributed by atoms with Crippen molar-refractivity contribution in [2.24, 2.45) is 0 Å². The molecule has 1 saturated carbocycles. The Kier molecular flexibility index (Phi) is 3.88. The van der Waals surface area contributed by atoms with Gasteiger partial charge < -0.3 is 15.0 Å². The van der Waals surface area contributed by atoms with Gasteiger partial charge >= 0.3 is 5.97 Å². The predicted octanol–water partition coefficient (Wildman–Crippen LogP) is 4.85. The number of rotatable bonds is 4. The number of nitrogens with zero attached hydrogens (tertiary/aromatic N) is 1. The van der Waals surface area contributed by atoms with Gasteiger partial charge in [0.2, 0.25) is 0 Å². The molecule has 0 saturated heterocycles. The minimum Gasteiger partial charge on any atom is -0.465 e.